The standard InChI is InChI=1S/C9H6BrF3O3.C8H6BrF3O2.2CH4/c1-15-8(14)5-2-3-6(10)7(4-5)16-9(11,12)13;9-6-2-1-5(4-13)3-7(6)14-8(10,11)12;;/h2-4H,1H3;1-3,13H,4H2;2*1H4. The lowest BCUT2D eigenvalue weighted by Crippen LogP contribution is -2.17. The van der Waals surface area contributed by atoms with Gasteiger partial charge in [-0.2, -0.15) is 0 Å². The van der Waals surface area contributed by atoms with E-state index < -0.39 is 24.4 Å². The monoisotopic (exact) mass is 600 g/mol. The molecule has 1 N–H and O–H groups in total. The first-order chi connectivity index (χ1) is 13.8. The van der Waals surface area contributed by atoms with Crippen LogP contribution in [0.25, 0.3) is 0 Å². The summed E-state index contributed by atoms with van der Waals surface area (Å²) in [4.78, 5) is 11.1. The van der Waals surface area contributed by atoms with Crippen LogP contribution in [0.4, 0.5) is 26.3 Å². The molecular formula is C19H20Br2F6O5. The quantitative estimate of drug-likeness (QED) is 0.295. The van der Waals surface area contributed by atoms with Crippen molar-refractivity contribution in [2.75, 3.05) is 7.11 Å². The maximum atomic E-state index is 12.0. The minimum atomic E-state index is -4.81. The van der Waals surface area contributed by atoms with Crippen molar-refractivity contribution in [3.05, 3.63) is 56.5 Å². The molecule has 0 unspecified atom stereocenters. The normalized spacial score (nSPS) is 10.6. The van der Waals surface area contributed by atoms with Crippen LogP contribution in [0.2, 0.25) is 0 Å². The van der Waals surface area contributed by atoms with Crippen molar-refractivity contribution in [1.29, 1.82) is 0 Å². The lowest BCUT2D eigenvalue weighted by molar-refractivity contribution is -0.276. The van der Waals surface area contributed by atoms with Gasteiger partial charge in [0, 0.05) is 0 Å². The molecule has 182 valence electrons. The molecule has 0 bridgehead atoms. The average Bonchev–Trinajstić information content (AvgIpc) is 2.63. The number of halogens is 8. The lowest BCUT2D eigenvalue weighted by Gasteiger charge is -2.11. The number of ether oxygens (including phenoxy) is 3. The van der Waals surface area contributed by atoms with Crippen molar-refractivity contribution in [3.8, 4) is 11.5 Å². The Bertz CT molecular complexity index is 872. The van der Waals surface area contributed by atoms with E-state index in [1.165, 1.54) is 24.3 Å². The Kier molecular flexibility index (Phi) is 13.6. The van der Waals surface area contributed by atoms with E-state index >= 15 is 0 Å². The van der Waals surface area contributed by atoms with Crippen molar-refractivity contribution in [2.45, 2.75) is 34.2 Å². The van der Waals surface area contributed by atoms with Crippen molar-refractivity contribution in [1.82, 2.24) is 0 Å². The fourth-order valence-electron chi connectivity index (χ4n) is 1.80. The van der Waals surface area contributed by atoms with E-state index in [0.29, 0.717) is 5.56 Å². The third-order valence-corrected chi connectivity index (χ3v) is 4.29. The predicted molar refractivity (Wildman–Crippen MR) is 112 cm³/mol. The molecule has 5 nitrogen and oxygen atoms in total. The fourth-order valence-corrected chi connectivity index (χ4v) is 2.46. The average molecular weight is 602 g/mol. The van der Waals surface area contributed by atoms with E-state index in [-0.39, 0.29) is 41.7 Å². The Morgan fingerprint density at radius 2 is 1.31 bits per heavy atom. The van der Waals surface area contributed by atoms with E-state index in [4.69, 9.17) is 5.11 Å². The minimum absolute atomic E-state index is 0. The molecule has 2 aromatic carbocycles. The number of rotatable bonds is 4. The Morgan fingerprint density at radius 1 is 0.875 bits per heavy atom. The summed E-state index contributed by atoms with van der Waals surface area (Å²) in [6, 6.07) is 7.54. The molecule has 13 heteroatoms. The van der Waals surface area contributed by atoms with E-state index in [1.54, 1.807) is 0 Å². The number of hydrogen-bond acceptors (Lipinski definition) is 5. The van der Waals surface area contributed by atoms with Gasteiger partial charge < -0.3 is 19.3 Å². The molecule has 0 amide bonds. The predicted octanol–water partition coefficient (Wildman–Crippen LogP) is 7.25. The highest BCUT2D eigenvalue weighted by Crippen LogP contribution is 2.32. The van der Waals surface area contributed by atoms with Gasteiger partial charge in [-0.1, -0.05) is 20.9 Å². The van der Waals surface area contributed by atoms with Gasteiger partial charge in [0.15, 0.2) is 0 Å². The Labute approximate surface area is 197 Å². The van der Waals surface area contributed by atoms with Crippen molar-refractivity contribution < 1.29 is 50.5 Å². The van der Waals surface area contributed by atoms with Crippen LogP contribution in [0, 0.1) is 0 Å². The van der Waals surface area contributed by atoms with Gasteiger partial charge in [-0.15, -0.1) is 26.3 Å². The number of hydrogen-bond donors (Lipinski definition) is 1. The molecular weight excluding hydrogens is 582 g/mol. The first kappa shape index (κ1) is 32.2. The molecule has 0 aromatic heterocycles. The van der Waals surface area contributed by atoms with Crippen LogP contribution in [-0.2, 0) is 11.3 Å². The third kappa shape index (κ3) is 11.6. The molecule has 0 saturated heterocycles. The zero-order valence-electron chi connectivity index (χ0n) is 14.8. The van der Waals surface area contributed by atoms with Gasteiger partial charge in [0.1, 0.15) is 11.5 Å². The number of aliphatic hydroxyl groups excluding tert-OH is 1. The fraction of sp³-hybridized carbons (Fsp3) is 0.316. The molecule has 0 aliphatic rings. The van der Waals surface area contributed by atoms with Crippen molar-refractivity contribution >= 4 is 37.8 Å². The number of aliphatic hydroxyl groups is 1. The van der Waals surface area contributed by atoms with Gasteiger partial charge >= 0.3 is 18.7 Å². The lowest BCUT2D eigenvalue weighted by atomic mass is 10.2. The molecule has 2 rings (SSSR count). The second kappa shape index (κ2) is 13.5. The maximum Gasteiger partial charge on any atom is 0.573 e. The van der Waals surface area contributed by atoms with Gasteiger partial charge in [0.05, 0.1) is 28.2 Å². The van der Waals surface area contributed by atoms with Gasteiger partial charge in [-0.3, -0.25) is 0 Å². The highest BCUT2D eigenvalue weighted by molar-refractivity contribution is 9.10. The highest BCUT2D eigenvalue weighted by atomic mass is 79.9. The molecule has 0 aliphatic heterocycles. The Morgan fingerprint density at radius 3 is 1.72 bits per heavy atom. The smallest absolute Gasteiger partial charge is 0.465 e. The third-order valence-electron chi connectivity index (χ3n) is 2.98. The Hall–Kier alpha value is -1.99. The number of benzene rings is 2. The zero-order valence-corrected chi connectivity index (χ0v) is 17.9. The number of alkyl halides is 6. The maximum absolute atomic E-state index is 12.0. The van der Waals surface area contributed by atoms with Gasteiger partial charge in [-0.05, 0) is 67.8 Å². The van der Waals surface area contributed by atoms with Crippen LogP contribution in [-0.4, -0.2) is 30.9 Å². The number of methoxy groups -OCH3 is 1. The van der Waals surface area contributed by atoms with Gasteiger partial charge in [0.2, 0.25) is 0 Å². The zero-order chi connectivity index (χ0) is 23.1. The largest absolute Gasteiger partial charge is 0.573 e. The molecule has 0 radical (unpaired) electrons. The summed E-state index contributed by atoms with van der Waals surface area (Å²) in [6.07, 6.45) is -9.53. The number of esters is 1. The van der Waals surface area contributed by atoms with Crippen LogP contribution < -0.4 is 9.47 Å². The highest BCUT2D eigenvalue weighted by Gasteiger charge is 2.33. The SMILES string of the molecule is C.C.COC(=O)c1ccc(Br)c(OC(F)(F)F)c1.OCc1ccc(Br)c(OC(F)(F)F)c1. The molecule has 0 atom stereocenters. The number of carbonyl (C=O) groups excluding carboxylic acids is 1. The van der Waals surface area contributed by atoms with Crippen LogP contribution in [0.3, 0.4) is 0 Å². The molecule has 0 aliphatic carbocycles. The van der Waals surface area contributed by atoms with Gasteiger partial charge in [0.25, 0.3) is 0 Å². The van der Waals surface area contributed by atoms with Crippen LogP contribution in [0.1, 0.15) is 30.8 Å². The molecule has 32 heavy (non-hydrogen) atoms. The molecule has 0 spiro atoms. The van der Waals surface area contributed by atoms with Crippen LogP contribution >= 0.6 is 31.9 Å². The van der Waals surface area contributed by atoms with E-state index in [0.717, 1.165) is 19.2 Å². The first-order valence-corrected chi connectivity index (χ1v) is 9.13. The molecule has 0 heterocycles. The second-order valence-corrected chi connectivity index (χ2v) is 6.86. The summed E-state index contributed by atoms with van der Waals surface area (Å²) in [7, 11) is 1.13. The van der Waals surface area contributed by atoms with Crippen molar-refractivity contribution in [2.24, 2.45) is 0 Å². The topological polar surface area (TPSA) is 65.0 Å². The summed E-state index contributed by atoms with van der Waals surface area (Å²) in [6.45, 7) is -0.332. The second-order valence-electron chi connectivity index (χ2n) is 5.16. The number of carbonyl (C=O) groups is 1. The minimum Gasteiger partial charge on any atom is -0.465 e. The summed E-state index contributed by atoms with van der Waals surface area (Å²) >= 11 is 5.78. The van der Waals surface area contributed by atoms with E-state index in [2.05, 4.69) is 46.1 Å². The first-order valence-electron chi connectivity index (χ1n) is 7.54. The summed E-state index contributed by atoms with van der Waals surface area (Å²) in [5, 5.41) is 8.70. The molecule has 2 aromatic rings. The van der Waals surface area contributed by atoms with Gasteiger partial charge in [-0.25, -0.2) is 4.79 Å². The molecule has 0 fully saturated rings. The van der Waals surface area contributed by atoms with Crippen LogP contribution in [0.15, 0.2) is 45.3 Å². The summed E-state index contributed by atoms with van der Waals surface area (Å²) < 4.78 is 83.6. The van der Waals surface area contributed by atoms with E-state index in [9.17, 15) is 31.1 Å². The summed E-state index contributed by atoms with van der Waals surface area (Å²) in [5.74, 6) is -1.58. The van der Waals surface area contributed by atoms with E-state index in [1.807, 2.05) is 0 Å². The van der Waals surface area contributed by atoms with Crippen molar-refractivity contribution in [3.63, 3.8) is 0 Å². The Balaban J connectivity index is 0. The molecule has 0 saturated carbocycles. The summed E-state index contributed by atoms with van der Waals surface area (Å²) in [5.41, 5.74) is 0.331. The van der Waals surface area contributed by atoms with Crippen LogP contribution in [0.5, 0.6) is 11.5 Å².